The third kappa shape index (κ3) is 3.03. The second kappa shape index (κ2) is 6.84. The Hall–Kier alpha value is -2.20. The van der Waals surface area contributed by atoms with Gasteiger partial charge in [0, 0.05) is 53.9 Å². The Kier molecular flexibility index (Phi) is 4.89. The van der Waals surface area contributed by atoms with Crippen LogP contribution < -0.4 is 0 Å². The van der Waals surface area contributed by atoms with Gasteiger partial charge in [-0.05, 0) is 0 Å². The highest BCUT2D eigenvalue weighted by atomic mass is 16.6. The van der Waals surface area contributed by atoms with Crippen LogP contribution in [0.1, 0.15) is 27.7 Å². The predicted octanol–water partition coefficient (Wildman–Crippen LogP) is -1.24. The zero-order chi connectivity index (χ0) is 19.2. The number of nitrogens with zero attached hydrogens (tertiary/aromatic N) is 4. The molecule has 4 atom stereocenters. The molecule has 3 saturated heterocycles. The maximum absolute atomic E-state index is 12.0. The van der Waals surface area contributed by atoms with Crippen LogP contribution in [-0.2, 0) is 28.7 Å². The average molecular weight is 368 g/mol. The number of carbonyl (C=O) groups is 4. The van der Waals surface area contributed by atoms with Crippen molar-refractivity contribution in [3.05, 3.63) is 0 Å². The molecule has 0 aromatic carbocycles. The Balaban J connectivity index is 1.96. The van der Waals surface area contributed by atoms with Crippen LogP contribution in [0.4, 0.5) is 0 Å². The average Bonchev–Trinajstić information content (AvgIpc) is 2.57. The van der Waals surface area contributed by atoms with E-state index in [2.05, 4.69) is 0 Å². The molecule has 3 heterocycles. The fourth-order valence-electron chi connectivity index (χ4n) is 3.75. The molecule has 144 valence electrons. The SMILES string of the molecule is CC(=O)N1CCN(C(C)=O)C2OC3C(OC21)N(C(C)=O)CCN3C(C)=O. The Labute approximate surface area is 151 Å². The Bertz CT molecular complexity index is 534. The molecule has 3 rings (SSSR count). The minimum atomic E-state index is -0.833. The lowest BCUT2D eigenvalue weighted by Crippen LogP contribution is -2.74. The van der Waals surface area contributed by atoms with E-state index in [1.165, 1.54) is 47.3 Å². The van der Waals surface area contributed by atoms with Gasteiger partial charge in [0.25, 0.3) is 0 Å². The summed E-state index contributed by atoms with van der Waals surface area (Å²) < 4.78 is 12.2. The lowest BCUT2D eigenvalue weighted by molar-refractivity contribution is -0.352. The summed E-state index contributed by atoms with van der Waals surface area (Å²) >= 11 is 0. The van der Waals surface area contributed by atoms with Gasteiger partial charge in [0.05, 0.1) is 0 Å². The summed E-state index contributed by atoms with van der Waals surface area (Å²) in [6.45, 7) is 6.92. The van der Waals surface area contributed by atoms with Gasteiger partial charge in [0.1, 0.15) is 0 Å². The van der Waals surface area contributed by atoms with Crippen LogP contribution in [0, 0.1) is 0 Å². The summed E-state index contributed by atoms with van der Waals surface area (Å²) in [5, 5.41) is 0. The van der Waals surface area contributed by atoms with Crippen LogP contribution in [0.3, 0.4) is 0 Å². The lowest BCUT2D eigenvalue weighted by atomic mass is 10.1. The van der Waals surface area contributed by atoms with E-state index in [0.717, 1.165) is 0 Å². The maximum atomic E-state index is 12.0. The second-order valence-electron chi connectivity index (χ2n) is 6.68. The molecule has 0 spiro atoms. The van der Waals surface area contributed by atoms with Crippen LogP contribution in [0.15, 0.2) is 0 Å². The molecular weight excluding hydrogens is 344 g/mol. The van der Waals surface area contributed by atoms with Crippen molar-refractivity contribution in [1.82, 2.24) is 19.6 Å². The predicted molar refractivity (Wildman–Crippen MR) is 86.9 cm³/mol. The zero-order valence-corrected chi connectivity index (χ0v) is 15.4. The topological polar surface area (TPSA) is 99.7 Å². The quantitative estimate of drug-likeness (QED) is 0.530. The van der Waals surface area contributed by atoms with Crippen molar-refractivity contribution in [1.29, 1.82) is 0 Å². The van der Waals surface area contributed by atoms with E-state index in [9.17, 15) is 19.2 Å². The first-order chi connectivity index (χ1) is 12.2. The Morgan fingerprint density at radius 3 is 0.885 bits per heavy atom. The van der Waals surface area contributed by atoms with Crippen LogP contribution in [0.2, 0.25) is 0 Å². The summed E-state index contributed by atoms with van der Waals surface area (Å²) in [5.74, 6) is -0.838. The van der Waals surface area contributed by atoms with Gasteiger partial charge in [-0.25, -0.2) is 0 Å². The van der Waals surface area contributed by atoms with Crippen LogP contribution in [0.25, 0.3) is 0 Å². The third-order valence-corrected chi connectivity index (χ3v) is 5.06. The van der Waals surface area contributed by atoms with Crippen molar-refractivity contribution in [2.45, 2.75) is 52.6 Å². The van der Waals surface area contributed by atoms with E-state index in [4.69, 9.17) is 9.47 Å². The number of piperazine rings is 2. The molecule has 4 amide bonds. The Morgan fingerprint density at radius 2 is 0.731 bits per heavy atom. The van der Waals surface area contributed by atoms with Crippen molar-refractivity contribution < 1.29 is 28.7 Å². The molecular formula is C16H24N4O6. The van der Waals surface area contributed by atoms with E-state index < -0.39 is 24.9 Å². The maximum Gasteiger partial charge on any atom is 0.221 e. The molecule has 4 unspecified atom stereocenters. The van der Waals surface area contributed by atoms with Gasteiger partial charge in [-0.2, -0.15) is 0 Å². The number of hydrogen-bond donors (Lipinski definition) is 0. The summed E-state index contributed by atoms with van der Waals surface area (Å²) in [7, 11) is 0. The minimum Gasteiger partial charge on any atom is -0.325 e. The molecule has 0 aromatic heterocycles. The highest BCUT2D eigenvalue weighted by Gasteiger charge is 2.53. The zero-order valence-electron chi connectivity index (χ0n) is 15.4. The molecule has 10 heteroatoms. The smallest absolute Gasteiger partial charge is 0.221 e. The van der Waals surface area contributed by atoms with Crippen LogP contribution in [-0.4, -0.2) is 94.3 Å². The summed E-state index contributed by atoms with van der Waals surface area (Å²) in [4.78, 5) is 54.0. The second-order valence-corrected chi connectivity index (χ2v) is 6.68. The number of hydrogen-bond acceptors (Lipinski definition) is 6. The molecule has 0 radical (unpaired) electrons. The van der Waals surface area contributed by atoms with Gasteiger partial charge in [-0.1, -0.05) is 0 Å². The highest BCUT2D eigenvalue weighted by Crippen LogP contribution is 2.33. The van der Waals surface area contributed by atoms with Gasteiger partial charge >= 0.3 is 0 Å². The molecule has 0 aliphatic carbocycles. The van der Waals surface area contributed by atoms with Crippen molar-refractivity contribution in [3.63, 3.8) is 0 Å². The first-order valence-corrected chi connectivity index (χ1v) is 8.62. The van der Waals surface area contributed by atoms with Gasteiger partial charge < -0.3 is 29.1 Å². The van der Waals surface area contributed by atoms with E-state index in [1.54, 1.807) is 0 Å². The van der Waals surface area contributed by atoms with Gasteiger partial charge in [-0.15, -0.1) is 0 Å². The van der Waals surface area contributed by atoms with Crippen molar-refractivity contribution in [2.75, 3.05) is 26.2 Å². The van der Waals surface area contributed by atoms with Gasteiger partial charge in [-0.3, -0.25) is 19.2 Å². The van der Waals surface area contributed by atoms with E-state index >= 15 is 0 Å². The fourth-order valence-corrected chi connectivity index (χ4v) is 3.75. The standard InChI is InChI=1S/C16H24N4O6/c1-9(21)17-5-6-18(10(2)22)14-13(17)25-15-16(26-14)20(12(4)24)8-7-19(15)11(3)23/h13-16H,5-8H2,1-4H3. The molecule has 10 nitrogen and oxygen atoms in total. The number of ether oxygens (including phenoxy) is 2. The molecule has 26 heavy (non-hydrogen) atoms. The lowest BCUT2D eigenvalue weighted by Gasteiger charge is -2.56. The van der Waals surface area contributed by atoms with Crippen molar-refractivity contribution >= 4 is 23.6 Å². The molecule has 0 saturated carbocycles. The number of fused-ring (bicyclic) bond motifs is 2. The van der Waals surface area contributed by atoms with Gasteiger partial charge in [0.15, 0.2) is 24.9 Å². The molecule has 0 aromatic rings. The monoisotopic (exact) mass is 368 g/mol. The number of amides is 4. The van der Waals surface area contributed by atoms with E-state index in [0.29, 0.717) is 26.2 Å². The summed E-state index contributed by atoms with van der Waals surface area (Å²) in [6, 6.07) is 0. The normalized spacial score (nSPS) is 31.2. The highest BCUT2D eigenvalue weighted by molar-refractivity contribution is 5.77. The molecule has 3 aliphatic heterocycles. The van der Waals surface area contributed by atoms with Gasteiger partial charge in [0.2, 0.25) is 23.6 Å². The number of carbonyl (C=O) groups excluding carboxylic acids is 4. The first kappa shape index (κ1) is 18.6. The fraction of sp³-hybridized carbons (Fsp3) is 0.750. The third-order valence-electron chi connectivity index (χ3n) is 5.06. The molecule has 3 fully saturated rings. The number of rotatable bonds is 0. The summed E-state index contributed by atoms with van der Waals surface area (Å²) in [6.07, 6.45) is -3.33. The minimum absolute atomic E-state index is 0.209. The summed E-state index contributed by atoms with van der Waals surface area (Å²) in [5.41, 5.74) is 0. The van der Waals surface area contributed by atoms with E-state index in [1.807, 2.05) is 0 Å². The largest absolute Gasteiger partial charge is 0.325 e. The van der Waals surface area contributed by atoms with Crippen molar-refractivity contribution in [3.8, 4) is 0 Å². The molecule has 3 aliphatic rings. The molecule has 0 bridgehead atoms. The molecule has 0 N–H and O–H groups in total. The first-order valence-electron chi connectivity index (χ1n) is 8.62. The van der Waals surface area contributed by atoms with Crippen molar-refractivity contribution in [2.24, 2.45) is 0 Å². The van der Waals surface area contributed by atoms with Crippen LogP contribution >= 0.6 is 0 Å². The van der Waals surface area contributed by atoms with Crippen LogP contribution in [0.5, 0.6) is 0 Å². The van der Waals surface area contributed by atoms with E-state index in [-0.39, 0.29) is 23.6 Å². The Morgan fingerprint density at radius 1 is 0.538 bits per heavy atom.